The Balaban J connectivity index is 1.74. The molecule has 0 spiro atoms. The smallest absolute Gasteiger partial charge is 0.446 e. The van der Waals surface area contributed by atoms with Crippen LogP contribution in [0.4, 0.5) is 15.0 Å². The van der Waals surface area contributed by atoms with Gasteiger partial charge < -0.3 is 14.8 Å². The predicted octanol–water partition coefficient (Wildman–Crippen LogP) is 1.48. The standard InChI is InChI=1S/C20H23BrFN7O9S/c1-20(2,3)36-18(31)28-39(33,34)27-13(17(30)35-4)7-8-23-15-14(24-38-25-15)16-26-37-19(32)29(16)10-5-6-12(22)11(21)9-10/h5-6,9,13,27H,7-8H2,1-4H3,(H,23,25)(H,28,31)/t13-/m1/s1. The summed E-state index contributed by atoms with van der Waals surface area (Å²) in [5.74, 6) is -2.61. The number of nitrogens with one attached hydrogen (secondary N) is 3. The van der Waals surface area contributed by atoms with Gasteiger partial charge in [0, 0.05) is 6.54 Å². The first kappa shape index (κ1) is 29.7. The third-order valence-electron chi connectivity index (χ3n) is 4.59. The Hall–Kier alpha value is -3.84. The first-order valence-corrected chi connectivity index (χ1v) is 13.2. The maximum absolute atomic E-state index is 13.7. The second-order valence-corrected chi connectivity index (χ2v) is 11.0. The van der Waals surface area contributed by atoms with Crippen LogP contribution in [-0.2, 0) is 24.5 Å². The van der Waals surface area contributed by atoms with Gasteiger partial charge in [0.2, 0.25) is 11.6 Å². The third-order valence-corrected chi connectivity index (χ3v) is 6.23. The van der Waals surface area contributed by atoms with Crippen LogP contribution < -0.4 is 20.5 Å². The van der Waals surface area contributed by atoms with Crippen molar-refractivity contribution in [1.29, 1.82) is 0 Å². The number of aromatic nitrogens is 4. The van der Waals surface area contributed by atoms with Crippen molar-refractivity contribution in [3.63, 3.8) is 0 Å². The van der Waals surface area contributed by atoms with Crippen LogP contribution in [0.2, 0.25) is 0 Å². The number of anilines is 1. The second kappa shape index (κ2) is 11.9. The lowest BCUT2D eigenvalue weighted by molar-refractivity contribution is -0.142. The van der Waals surface area contributed by atoms with Gasteiger partial charge in [0.05, 0.1) is 17.3 Å². The zero-order valence-electron chi connectivity index (χ0n) is 20.9. The lowest BCUT2D eigenvalue weighted by Crippen LogP contribution is -2.50. The van der Waals surface area contributed by atoms with E-state index in [-0.39, 0.29) is 40.5 Å². The minimum Gasteiger partial charge on any atom is -0.468 e. The van der Waals surface area contributed by atoms with E-state index in [4.69, 9.17) is 13.9 Å². The highest BCUT2D eigenvalue weighted by molar-refractivity contribution is 9.10. The van der Waals surface area contributed by atoms with Crippen LogP contribution in [0.5, 0.6) is 0 Å². The molecule has 2 heterocycles. The van der Waals surface area contributed by atoms with E-state index in [0.29, 0.717) is 0 Å². The molecule has 3 N–H and O–H groups in total. The van der Waals surface area contributed by atoms with Crippen LogP contribution in [0.25, 0.3) is 17.2 Å². The van der Waals surface area contributed by atoms with Crippen molar-refractivity contribution in [3.05, 3.63) is 39.0 Å². The number of esters is 1. The van der Waals surface area contributed by atoms with Crippen LogP contribution in [0.15, 0.2) is 36.6 Å². The number of hydrogen-bond donors (Lipinski definition) is 3. The number of carbonyl (C=O) groups is 2. The summed E-state index contributed by atoms with van der Waals surface area (Å²) < 4.78 is 62.1. The van der Waals surface area contributed by atoms with Crippen molar-refractivity contribution in [3.8, 4) is 17.2 Å². The summed E-state index contributed by atoms with van der Waals surface area (Å²) in [5.41, 5.74) is -0.851. The largest absolute Gasteiger partial charge is 0.468 e. The summed E-state index contributed by atoms with van der Waals surface area (Å²) in [6.07, 6.45) is -1.45. The number of hydrogen-bond acceptors (Lipinski definition) is 13. The van der Waals surface area contributed by atoms with Crippen molar-refractivity contribution >= 4 is 44.0 Å². The highest BCUT2D eigenvalue weighted by atomic mass is 79.9. The first-order valence-electron chi connectivity index (χ1n) is 10.9. The molecule has 0 aliphatic rings. The van der Waals surface area contributed by atoms with Gasteiger partial charge in [-0.3, -0.25) is 9.32 Å². The second-order valence-electron chi connectivity index (χ2n) is 8.68. The van der Waals surface area contributed by atoms with Crippen molar-refractivity contribution in [2.24, 2.45) is 0 Å². The highest BCUT2D eigenvalue weighted by Crippen LogP contribution is 2.26. The molecule has 16 nitrogen and oxygen atoms in total. The van der Waals surface area contributed by atoms with Crippen molar-refractivity contribution < 1.29 is 41.0 Å². The monoisotopic (exact) mass is 635 g/mol. The molecule has 3 aromatic rings. The van der Waals surface area contributed by atoms with Gasteiger partial charge in [-0.2, -0.15) is 13.1 Å². The number of methoxy groups -OCH3 is 1. The fourth-order valence-electron chi connectivity index (χ4n) is 3.03. The van der Waals surface area contributed by atoms with E-state index < -0.39 is 45.5 Å². The van der Waals surface area contributed by atoms with Crippen molar-refractivity contribution in [2.75, 3.05) is 19.0 Å². The highest BCUT2D eigenvalue weighted by Gasteiger charge is 2.29. The first-order chi connectivity index (χ1) is 18.2. The van der Waals surface area contributed by atoms with E-state index in [1.165, 1.54) is 12.1 Å². The van der Waals surface area contributed by atoms with Crippen molar-refractivity contribution in [2.45, 2.75) is 38.8 Å². The van der Waals surface area contributed by atoms with E-state index in [0.717, 1.165) is 17.7 Å². The molecule has 0 aliphatic heterocycles. The van der Waals surface area contributed by atoms with Crippen LogP contribution >= 0.6 is 15.9 Å². The van der Waals surface area contributed by atoms with Gasteiger partial charge in [0.1, 0.15) is 17.5 Å². The molecule has 0 radical (unpaired) electrons. The fourth-order valence-corrected chi connectivity index (χ4v) is 4.31. The quantitative estimate of drug-likeness (QED) is 0.270. The summed E-state index contributed by atoms with van der Waals surface area (Å²) in [4.78, 5) is 36.3. The maximum Gasteiger partial charge on any atom is 0.446 e. The summed E-state index contributed by atoms with van der Waals surface area (Å²) in [6.45, 7) is 4.51. The van der Waals surface area contributed by atoms with E-state index >= 15 is 0 Å². The molecule has 0 unspecified atom stereocenters. The van der Waals surface area contributed by atoms with Crippen LogP contribution in [0.1, 0.15) is 27.2 Å². The van der Waals surface area contributed by atoms with Crippen LogP contribution in [-0.4, -0.2) is 65.8 Å². The molecule has 3 rings (SSSR count). The molecule has 212 valence electrons. The molecule has 0 aliphatic carbocycles. The summed E-state index contributed by atoms with van der Waals surface area (Å²) >= 11 is 3.04. The molecule has 2 aromatic heterocycles. The van der Waals surface area contributed by atoms with E-state index in [1.807, 2.05) is 4.72 Å². The number of halogens is 2. The normalized spacial score (nSPS) is 12.6. The zero-order valence-corrected chi connectivity index (χ0v) is 23.3. The van der Waals surface area contributed by atoms with Crippen LogP contribution in [0.3, 0.4) is 0 Å². The van der Waals surface area contributed by atoms with Gasteiger partial charge >= 0.3 is 28.0 Å². The van der Waals surface area contributed by atoms with Gasteiger partial charge in [0.25, 0.3) is 0 Å². The summed E-state index contributed by atoms with van der Waals surface area (Å²) in [6, 6.07) is 2.30. The Morgan fingerprint density at radius 1 is 1.23 bits per heavy atom. The lowest BCUT2D eigenvalue weighted by Gasteiger charge is -2.21. The molecule has 1 atom stereocenters. The number of ether oxygens (including phenoxy) is 2. The molecule has 0 fully saturated rings. The van der Waals surface area contributed by atoms with E-state index in [2.05, 4.69) is 41.5 Å². The molecule has 39 heavy (non-hydrogen) atoms. The Kier molecular flexibility index (Phi) is 9.07. The van der Waals surface area contributed by atoms with E-state index in [9.17, 15) is 27.2 Å². The van der Waals surface area contributed by atoms with E-state index in [1.54, 1.807) is 25.5 Å². The van der Waals surface area contributed by atoms with Crippen LogP contribution in [0, 0.1) is 5.82 Å². The Labute approximate surface area is 228 Å². The van der Waals surface area contributed by atoms with Gasteiger partial charge in [-0.15, -0.1) is 0 Å². The molecule has 0 bridgehead atoms. The number of amides is 1. The molecule has 19 heteroatoms. The molecule has 1 aromatic carbocycles. The zero-order chi connectivity index (χ0) is 29.0. The molecular weight excluding hydrogens is 613 g/mol. The molecule has 0 saturated heterocycles. The topological polar surface area (TPSA) is 210 Å². The minimum absolute atomic E-state index is 0.0448. The Morgan fingerprint density at radius 2 is 1.95 bits per heavy atom. The minimum atomic E-state index is -4.52. The number of nitrogens with zero attached hydrogens (tertiary/aromatic N) is 4. The van der Waals surface area contributed by atoms with Crippen molar-refractivity contribution in [1.82, 2.24) is 29.5 Å². The van der Waals surface area contributed by atoms with Gasteiger partial charge in [-0.25, -0.2) is 27.9 Å². The molecule has 1 amide bonds. The predicted molar refractivity (Wildman–Crippen MR) is 133 cm³/mol. The molecular formula is C20H23BrFN7O9S. The Bertz CT molecular complexity index is 1510. The summed E-state index contributed by atoms with van der Waals surface area (Å²) in [5, 5.41) is 13.9. The Morgan fingerprint density at radius 3 is 2.59 bits per heavy atom. The SMILES string of the molecule is COC(=O)[C@@H](CCNc1nonc1-c1noc(=O)n1-c1ccc(F)c(Br)c1)NS(=O)(=O)NC(=O)OC(C)(C)C. The lowest BCUT2D eigenvalue weighted by atomic mass is 10.2. The molecule has 0 saturated carbocycles. The fraction of sp³-hybridized carbons (Fsp3) is 0.400. The van der Waals surface area contributed by atoms with Gasteiger partial charge in [-0.05, 0) is 71.6 Å². The van der Waals surface area contributed by atoms with Gasteiger partial charge in [-0.1, -0.05) is 5.16 Å². The number of benzene rings is 1. The average Bonchev–Trinajstić information content (AvgIpc) is 3.44. The number of rotatable bonds is 10. The number of carbonyl (C=O) groups excluding carboxylic acids is 2. The maximum atomic E-state index is 13.7. The third kappa shape index (κ3) is 7.83. The van der Waals surface area contributed by atoms with Gasteiger partial charge in [0.15, 0.2) is 5.69 Å². The average molecular weight is 636 g/mol. The summed E-state index contributed by atoms with van der Waals surface area (Å²) in [7, 11) is -3.47.